The second-order valence-electron chi connectivity index (χ2n) is 5.90. The summed E-state index contributed by atoms with van der Waals surface area (Å²) in [6, 6.07) is 9.26. The molecule has 0 aliphatic carbocycles. The first-order chi connectivity index (χ1) is 13.8. The first-order valence-corrected chi connectivity index (χ1v) is 9.91. The van der Waals surface area contributed by atoms with Crippen LogP contribution in [0.4, 0.5) is 5.69 Å². The van der Waals surface area contributed by atoms with Crippen molar-refractivity contribution in [2.24, 2.45) is 0 Å². The number of nitrogens with zero attached hydrogens (tertiary/aromatic N) is 1. The zero-order valence-electron chi connectivity index (χ0n) is 16.9. The van der Waals surface area contributed by atoms with Crippen LogP contribution >= 0.6 is 0 Å². The molecule has 9 nitrogen and oxygen atoms in total. The van der Waals surface area contributed by atoms with Gasteiger partial charge in [-0.3, -0.25) is 4.79 Å². The molecule has 10 heteroatoms. The van der Waals surface area contributed by atoms with Crippen LogP contribution in [0.25, 0.3) is 0 Å². The fourth-order valence-electron chi connectivity index (χ4n) is 2.56. The van der Waals surface area contributed by atoms with Crippen molar-refractivity contribution >= 4 is 21.6 Å². The number of methoxy groups -OCH3 is 4. The van der Waals surface area contributed by atoms with E-state index in [1.807, 2.05) is 0 Å². The van der Waals surface area contributed by atoms with Gasteiger partial charge >= 0.3 is 0 Å². The summed E-state index contributed by atoms with van der Waals surface area (Å²) in [5.41, 5.74) is 0.442. The van der Waals surface area contributed by atoms with E-state index >= 15 is 0 Å². The summed E-state index contributed by atoms with van der Waals surface area (Å²) in [7, 11) is 3.08. The zero-order chi connectivity index (χ0) is 21.6. The summed E-state index contributed by atoms with van der Waals surface area (Å²) >= 11 is 0. The number of rotatable bonds is 9. The van der Waals surface area contributed by atoms with Crippen molar-refractivity contribution in [2.75, 3.05) is 47.3 Å². The Labute approximate surface area is 170 Å². The van der Waals surface area contributed by atoms with E-state index in [1.54, 1.807) is 24.3 Å². The molecule has 0 heterocycles. The van der Waals surface area contributed by atoms with Gasteiger partial charge in [0.05, 0.1) is 35.0 Å². The number of carbonyl (C=O) groups is 1. The van der Waals surface area contributed by atoms with E-state index in [9.17, 15) is 13.2 Å². The lowest BCUT2D eigenvalue weighted by molar-refractivity contribution is -0.116. The van der Waals surface area contributed by atoms with Crippen molar-refractivity contribution in [1.82, 2.24) is 4.31 Å². The summed E-state index contributed by atoms with van der Waals surface area (Å²) in [5.74, 6) is 0.929. The summed E-state index contributed by atoms with van der Waals surface area (Å²) in [5, 5.41) is 2.64. The molecule has 2 rings (SSSR count). The average Bonchev–Trinajstić information content (AvgIpc) is 2.72. The number of anilines is 1. The van der Waals surface area contributed by atoms with Crippen LogP contribution in [0, 0.1) is 0 Å². The third-order valence-corrected chi connectivity index (χ3v) is 5.92. The van der Waals surface area contributed by atoms with Crippen molar-refractivity contribution in [2.45, 2.75) is 4.90 Å². The Morgan fingerprint density at radius 3 is 2.10 bits per heavy atom. The molecule has 1 N–H and O–H groups in total. The summed E-state index contributed by atoms with van der Waals surface area (Å²) < 4.78 is 47.4. The van der Waals surface area contributed by atoms with Gasteiger partial charge in [0.1, 0.15) is 16.4 Å². The standard InChI is InChI=1S/C19H24N2O7S/c1-21(29(23,24)18-11-14(25-2)7-9-16(18)27-4)12-19(22)20-13-6-8-15(26-3)17(10-13)28-5/h6-11H,12H2,1-5H3,(H,20,22). The van der Waals surface area contributed by atoms with Gasteiger partial charge in [-0.05, 0) is 24.3 Å². The molecule has 0 spiro atoms. The lowest BCUT2D eigenvalue weighted by Crippen LogP contribution is -2.35. The van der Waals surface area contributed by atoms with Gasteiger partial charge in [0.15, 0.2) is 11.5 Å². The molecule has 0 aromatic heterocycles. The Morgan fingerprint density at radius 1 is 0.897 bits per heavy atom. The van der Waals surface area contributed by atoms with Crippen molar-refractivity contribution in [3.8, 4) is 23.0 Å². The van der Waals surface area contributed by atoms with E-state index in [0.717, 1.165) is 4.31 Å². The summed E-state index contributed by atoms with van der Waals surface area (Å²) in [6.45, 7) is -0.406. The third-order valence-electron chi connectivity index (χ3n) is 4.09. The van der Waals surface area contributed by atoms with Crippen LogP contribution < -0.4 is 24.3 Å². The zero-order valence-corrected chi connectivity index (χ0v) is 17.7. The Bertz CT molecular complexity index is 977. The maximum absolute atomic E-state index is 12.9. The van der Waals surface area contributed by atoms with Gasteiger partial charge in [-0.2, -0.15) is 4.31 Å². The van der Waals surface area contributed by atoms with Crippen LogP contribution in [-0.2, 0) is 14.8 Å². The quantitative estimate of drug-likeness (QED) is 0.656. The van der Waals surface area contributed by atoms with Crippen molar-refractivity contribution < 1.29 is 32.2 Å². The number of hydrogen-bond acceptors (Lipinski definition) is 7. The second kappa shape index (κ2) is 9.48. The van der Waals surface area contributed by atoms with Crippen molar-refractivity contribution in [1.29, 1.82) is 0 Å². The predicted octanol–water partition coefficient (Wildman–Crippen LogP) is 1.98. The average molecular weight is 424 g/mol. The van der Waals surface area contributed by atoms with Crippen LogP contribution in [0.15, 0.2) is 41.3 Å². The minimum atomic E-state index is -4.00. The highest BCUT2D eigenvalue weighted by Crippen LogP contribution is 2.31. The molecular formula is C19H24N2O7S. The number of amides is 1. The molecule has 0 bridgehead atoms. The molecule has 0 fully saturated rings. The topological polar surface area (TPSA) is 103 Å². The first kappa shape index (κ1) is 22.3. The smallest absolute Gasteiger partial charge is 0.247 e. The van der Waals surface area contributed by atoms with Gasteiger partial charge < -0.3 is 24.3 Å². The highest BCUT2D eigenvalue weighted by molar-refractivity contribution is 7.89. The Kier molecular flexibility index (Phi) is 7.29. The minimum Gasteiger partial charge on any atom is -0.497 e. The third kappa shape index (κ3) is 5.09. The van der Waals surface area contributed by atoms with Crippen molar-refractivity contribution in [3.05, 3.63) is 36.4 Å². The van der Waals surface area contributed by atoms with E-state index in [0.29, 0.717) is 22.9 Å². The molecule has 0 aliphatic heterocycles. The fraction of sp³-hybridized carbons (Fsp3) is 0.316. The Hall–Kier alpha value is -2.98. The van der Waals surface area contributed by atoms with Crippen LogP contribution in [0.3, 0.4) is 0 Å². The number of sulfonamides is 1. The summed E-state index contributed by atoms with van der Waals surface area (Å²) in [6.07, 6.45) is 0. The van der Waals surface area contributed by atoms with Crippen LogP contribution in [-0.4, -0.2) is 60.7 Å². The number of nitrogens with one attached hydrogen (secondary N) is 1. The number of ether oxygens (including phenoxy) is 4. The second-order valence-corrected chi connectivity index (χ2v) is 7.91. The van der Waals surface area contributed by atoms with E-state index in [1.165, 1.54) is 47.6 Å². The number of likely N-dealkylation sites (N-methyl/N-ethyl adjacent to an activating group) is 1. The minimum absolute atomic E-state index is 0.0965. The lowest BCUT2D eigenvalue weighted by Gasteiger charge is -2.19. The number of hydrogen-bond donors (Lipinski definition) is 1. The fourth-order valence-corrected chi connectivity index (χ4v) is 3.85. The molecular weight excluding hydrogens is 400 g/mol. The molecule has 0 saturated carbocycles. The predicted molar refractivity (Wildman–Crippen MR) is 108 cm³/mol. The van der Waals surface area contributed by atoms with Gasteiger partial charge in [0, 0.05) is 24.9 Å². The van der Waals surface area contributed by atoms with Gasteiger partial charge in [0.2, 0.25) is 15.9 Å². The maximum atomic E-state index is 12.9. The van der Waals surface area contributed by atoms with E-state index in [-0.39, 0.29) is 10.6 Å². The van der Waals surface area contributed by atoms with Gasteiger partial charge in [-0.15, -0.1) is 0 Å². The highest BCUT2D eigenvalue weighted by Gasteiger charge is 2.27. The van der Waals surface area contributed by atoms with Crippen LogP contribution in [0.1, 0.15) is 0 Å². The SMILES string of the molecule is COc1ccc(OC)c(S(=O)(=O)N(C)CC(=O)Nc2ccc(OC)c(OC)c2)c1. The molecule has 0 unspecified atom stereocenters. The lowest BCUT2D eigenvalue weighted by atomic mass is 10.2. The summed E-state index contributed by atoms with van der Waals surface area (Å²) in [4.78, 5) is 12.3. The first-order valence-electron chi connectivity index (χ1n) is 8.47. The molecule has 1 amide bonds. The molecule has 29 heavy (non-hydrogen) atoms. The van der Waals surface area contributed by atoms with E-state index in [4.69, 9.17) is 18.9 Å². The largest absolute Gasteiger partial charge is 0.497 e. The number of benzene rings is 2. The van der Waals surface area contributed by atoms with E-state index in [2.05, 4.69) is 5.32 Å². The Morgan fingerprint density at radius 2 is 1.52 bits per heavy atom. The molecule has 0 atom stereocenters. The molecule has 158 valence electrons. The normalized spacial score (nSPS) is 11.1. The molecule has 2 aromatic carbocycles. The molecule has 0 radical (unpaired) electrons. The monoisotopic (exact) mass is 424 g/mol. The number of carbonyl (C=O) groups excluding carboxylic acids is 1. The van der Waals surface area contributed by atoms with Gasteiger partial charge in [-0.25, -0.2) is 8.42 Å². The maximum Gasteiger partial charge on any atom is 0.247 e. The Balaban J connectivity index is 2.19. The van der Waals surface area contributed by atoms with Crippen molar-refractivity contribution in [3.63, 3.8) is 0 Å². The molecule has 0 aliphatic rings. The van der Waals surface area contributed by atoms with Crippen LogP contribution in [0.2, 0.25) is 0 Å². The van der Waals surface area contributed by atoms with E-state index < -0.39 is 22.5 Å². The molecule has 2 aromatic rings. The van der Waals surface area contributed by atoms with Gasteiger partial charge in [-0.1, -0.05) is 0 Å². The van der Waals surface area contributed by atoms with Crippen LogP contribution in [0.5, 0.6) is 23.0 Å². The van der Waals surface area contributed by atoms with Gasteiger partial charge in [0.25, 0.3) is 0 Å². The molecule has 0 saturated heterocycles. The highest BCUT2D eigenvalue weighted by atomic mass is 32.2.